The van der Waals surface area contributed by atoms with Gasteiger partial charge in [-0.2, -0.15) is 13.2 Å². The lowest BCUT2D eigenvalue weighted by molar-refractivity contribution is -0.139. The highest BCUT2D eigenvalue weighted by Crippen LogP contribution is 2.38. The Labute approximate surface area is 205 Å². The summed E-state index contributed by atoms with van der Waals surface area (Å²) in [7, 11) is 0. The number of hydrogen-bond donors (Lipinski definition) is 3. The molecular weight excluding hydrogens is 467 g/mol. The third kappa shape index (κ3) is 11.3. The Balaban J connectivity index is 2.83. The van der Waals surface area contributed by atoms with Gasteiger partial charge in [0.15, 0.2) is 0 Å². The Bertz CT molecular complexity index is 747. The van der Waals surface area contributed by atoms with E-state index in [9.17, 15) is 28.2 Å². The SMILES string of the molecule is CCCCCCCCSc1ccc(CCC(CO)(CO)NC(=O)OC(C)(C)C)cc1C(F)(F)F. The fourth-order valence-corrected chi connectivity index (χ4v) is 4.46. The molecule has 1 rings (SSSR count). The number of aliphatic hydroxyl groups is 2. The van der Waals surface area contributed by atoms with Crippen LogP contribution in [0.3, 0.4) is 0 Å². The van der Waals surface area contributed by atoms with E-state index in [1.165, 1.54) is 24.2 Å². The Morgan fingerprint density at radius 3 is 2.21 bits per heavy atom. The zero-order chi connectivity index (χ0) is 25.8. The number of amides is 1. The molecule has 0 saturated carbocycles. The van der Waals surface area contributed by atoms with E-state index in [1.54, 1.807) is 26.8 Å². The van der Waals surface area contributed by atoms with Crippen molar-refractivity contribution in [3.63, 3.8) is 0 Å². The minimum Gasteiger partial charge on any atom is -0.444 e. The molecule has 0 heterocycles. The van der Waals surface area contributed by atoms with Crippen LogP contribution in [0.15, 0.2) is 23.1 Å². The number of unbranched alkanes of at least 4 members (excludes halogenated alkanes) is 5. The molecule has 0 aliphatic heterocycles. The zero-order valence-corrected chi connectivity index (χ0v) is 21.6. The average Bonchev–Trinajstić information content (AvgIpc) is 2.74. The lowest BCUT2D eigenvalue weighted by atomic mass is 9.92. The maximum atomic E-state index is 13.7. The summed E-state index contributed by atoms with van der Waals surface area (Å²) in [6.45, 7) is 6.01. The normalized spacial score (nSPS) is 12.6. The molecule has 0 aromatic heterocycles. The van der Waals surface area contributed by atoms with Crippen LogP contribution in [0.2, 0.25) is 0 Å². The molecule has 0 spiro atoms. The third-order valence-corrected chi connectivity index (χ3v) is 6.53. The monoisotopic (exact) mass is 507 g/mol. The lowest BCUT2D eigenvalue weighted by Gasteiger charge is -2.32. The second kappa shape index (κ2) is 14.2. The minimum atomic E-state index is -4.49. The molecule has 0 bridgehead atoms. The number of thioether (sulfide) groups is 1. The van der Waals surface area contributed by atoms with Crippen molar-refractivity contribution in [3.8, 4) is 0 Å². The van der Waals surface area contributed by atoms with Gasteiger partial charge in [0.25, 0.3) is 0 Å². The van der Waals surface area contributed by atoms with Crippen LogP contribution < -0.4 is 5.32 Å². The molecule has 0 atom stereocenters. The molecular formula is C25H40F3NO4S. The van der Waals surface area contributed by atoms with E-state index in [-0.39, 0.29) is 17.7 Å². The number of carbonyl (C=O) groups excluding carboxylic acids is 1. The first-order valence-corrected chi connectivity index (χ1v) is 12.9. The molecule has 196 valence electrons. The molecule has 1 amide bonds. The smallest absolute Gasteiger partial charge is 0.417 e. The van der Waals surface area contributed by atoms with Gasteiger partial charge in [0.1, 0.15) is 5.60 Å². The summed E-state index contributed by atoms with van der Waals surface area (Å²) in [5.41, 5.74) is -2.45. The van der Waals surface area contributed by atoms with Gasteiger partial charge in [-0.1, -0.05) is 45.1 Å². The first-order chi connectivity index (χ1) is 15.9. The van der Waals surface area contributed by atoms with E-state index in [0.717, 1.165) is 38.2 Å². The predicted octanol–water partition coefficient (Wildman–Crippen LogP) is 6.34. The molecule has 0 aliphatic carbocycles. The van der Waals surface area contributed by atoms with Crippen molar-refractivity contribution in [2.45, 2.75) is 101 Å². The lowest BCUT2D eigenvalue weighted by Crippen LogP contribution is -2.55. The van der Waals surface area contributed by atoms with Crippen molar-refractivity contribution in [1.82, 2.24) is 5.32 Å². The summed E-state index contributed by atoms with van der Waals surface area (Å²) >= 11 is 1.22. The van der Waals surface area contributed by atoms with E-state index < -0.39 is 42.2 Å². The number of aryl methyl sites for hydroxylation is 1. The highest BCUT2D eigenvalue weighted by molar-refractivity contribution is 7.99. The molecule has 5 nitrogen and oxygen atoms in total. The maximum Gasteiger partial charge on any atom is 0.417 e. The van der Waals surface area contributed by atoms with Gasteiger partial charge in [0, 0.05) is 4.90 Å². The Hall–Kier alpha value is -1.45. The molecule has 0 radical (unpaired) electrons. The van der Waals surface area contributed by atoms with Crippen LogP contribution in [-0.4, -0.2) is 46.4 Å². The van der Waals surface area contributed by atoms with Gasteiger partial charge in [-0.05, 0) is 63.5 Å². The Morgan fingerprint density at radius 2 is 1.65 bits per heavy atom. The number of ether oxygens (including phenoxy) is 1. The van der Waals surface area contributed by atoms with Gasteiger partial charge in [0.05, 0.1) is 24.3 Å². The molecule has 9 heteroatoms. The molecule has 34 heavy (non-hydrogen) atoms. The minimum absolute atomic E-state index is 0.0424. The first-order valence-electron chi connectivity index (χ1n) is 11.9. The van der Waals surface area contributed by atoms with E-state index in [1.807, 2.05) is 0 Å². The standard InChI is InChI=1S/C25H40F3NO4S/c1-5-6-7-8-9-10-15-34-21-12-11-19(16-20(21)25(26,27)28)13-14-24(17-30,18-31)29-22(32)33-23(2,3)4/h11-12,16,30-31H,5-10,13-15,17-18H2,1-4H3,(H,29,32). The summed E-state index contributed by atoms with van der Waals surface area (Å²) in [4.78, 5) is 12.3. The molecule has 0 saturated heterocycles. The topological polar surface area (TPSA) is 78.8 Å². The quantitative estimate of drug-likeness (QED) is 0.202. The van der Waals surface area contributed by atoms with Crippen LogP contribution in [-0.2, 0) is 17.3 Å². The second-order valence-corrected chi connectivity index (χ2v) is 10.8. The maximum absolute atomic E-state index is 13.7. The van der Waals surface area contributed by atoms with Gasteiger partial charge in [0.2, 0.25) is 0 Å². The average molecular weight is 508 g/mol. The van der Waals surface area contributed by atoms with Crippen molar-refractivity contribution in [1.29, 1.82) is 0 Å². The zero-order valence-electron chi connectivity index (χ0n) is 20.8. The summed E-state index contributed by atoms with van der Waals surface area (Å²) in [5, 5.41) is 22.1. The van der Waals surface area contributed by atoms with E-state index in [2.05, 4.69) is 12.2 Å². The van der Waals surface area contributed by atoms with Gasteiger partial charge in [-0.25, -0.2) is 4.79 Å². The van der Waals surface area contributed by atoms with Crippen molar-refractivity contribution < 1.29 is 32.9 Å². The first kappa shape index (κ1) is 30.6. The molecule has 0 unspecified atom stereocenters. The van der Waals surface area contributed by atoms with Gasteiger partial charge >= 0.3 is 12.3 Å². The predicted molar refractivity (Wildman–Crippen MR) is 130 cm³/mol. The fourth-order valence-electron chi connectivity index (χ4n) is 3.40. The highest BCUT2D eigenvalue weighted by atomic mass is 32.2. The third-order valence-electron chi connectivity index (χ3n) is 5.37. The number of carbonyl (C=O) groups is 1. The van der Waals surface area contributed by atoms with Crippen molar-refractivity contribution in [3.05, 3.63) is 29.3 Å². The van der Waals surface area contributed by atoms with E-state index >= 15 is 0 Å². The van der Waals surface area contributed by atoms with Crippen LogP contribution >= 0.6 is 11.8 Å². The fraction of sp³-hybridized carbons (Fsp3) is 0.720. The van der Waals surface area contributed by atoms with Crippen molar-refractivity contribution in [2.24, 2.45) is 0 Å². The molecule has 0 fully saturated rings. The largest absolute Gasteiger partial charge is 0.444 e. The Kier molecular flexibility index (Phi) is 12.8. The summed E-state index contributed by atoms with van der Waals surface area (Å²) < 4.78 is 46.3. The Morgan fingerprint density at radius 1 is 1.03 bits per heavy atom. The van der Waals surface area contributed by atoms with Crippen LogP contribution in [0.4, 0.5) is 18.0 Å². The number of alkyl carbamates (subject to hydrolysis) is 1. The molecule has 0 aliphatic rings. The summed E-state index contributed by atoms with van der Waals surface area (Å²) in [5.74, 6) is 0.631. The summed E-state index contributed by atoms with van der Waals surface area (Å²) in [6, 6.07) is 4.24. The van der Waals surface area contributed by atoms with Crippen molar-refractivity contribution >= 4 is 17.9 Å². The molecule has 1 aromatic rings. The van der Waals surface area contributed by atoms with Gasteiger partial charge in [-0.3, -0.25) is 0 Å². The van der Waals surface area contributed by atoms with E-state index in [0.29, 0.717) is 11.3 Å². The molecule has 3 N–H and O–H groups in total. The van der Waals surface area contributed by atoms with Crippen LogP contribution in [0.5, 0.6) is 0 Å². The number of aliphatic hydroxyl groups excluding tert-OH is 2. The van der Waals surface area contributed by atoms with Crippen molar-refractivity contribution in [2.75, 3.05) is 19.0 Å². The highest BCUT2D eigenvalue weighted by Gasteiger charge is 2.35. The van der Waals surface area contributed by atoms with E-state index in [4.69, 9.17) is 4.74 Å². The van der Waals surface area contributed by atoms with Crippen LogP contribution in [0.25, 0.3) is 0 Å². The van der Waals surface area contributed by atoms with Crippen LogP contribution in [0, 0.1) is 0 Å². The number of rotatable bonds is 14. The number of halogens is 3. The van der Waals surface area contributed by atoms with Gasteiger partial charge < -0.3 is 20.3 Å². The molecule has 1 aromatic carbocycles. The number of benzene rings is 1. The number of nitrogens with one attached hydrogen (secondary N) is 1. The number of hydrogen-bond acceptors (Lipinski definition) is 5. The number of alkyl halides is 3. The summed E-state index contributed by atoms with van der Waals surface area (Å²) in [6.07, 6.45) is 1.37. The second-order valence-electron chi connectivity index (χ2n) is 9.67. The van der Waals surface area contributed by atoms with Gasteiger partial charge in [-0.15, -0.1) is 11.8 Å². The van der Waals surface area contributed by atoms with Crippen LogP contribution in [0.1, 0.15) is 83.8 Å².